The maximum atomic E-state index is 12.2. The number of aryl methyl sites for hydroxylation is 2. The van der Waals surface area contributed by atoms with Gasteiger partial charge in [-0.25, -0.2) is 0 Å². The fraction of sp³-hybridized carbons (Fsp3) is 0.188. The molecule has 4 nitrogen and oxygen atoms in total. The standard InChI is InChI=1S/C16H18N2O2/c1-9-5-7-13(17)15(11(9)3)18-16(20)12-6-4-10(2)14(19)8-12/h4-8,19H,17H2,1-3H3,(H,18,20). The minimum Gasteiger partial charge on any atom is -0.508 e. The maximum Gasteiger partial charge on any atom is 0.255 e. The zero-order chi connectivity index (χ0) is 14.9. The van der Waals surface area contributed by atoms with Crippen molar-refractivity contribution in [2.75, 3.05) is 11.1 Å². The number of phenols is 1. The van der Waals surface area contributed by atoms with Gasteiger partial charge in [-0.2, -0.15) is 0 Å². The molecule has 4 heteroatoms. The molecule has 2 rings (SSSR count). The summed E-state index contributed by atoms with van der Waals surface area (Å²) in [5.74, 6) is -0.188. The first-order chi connectivity index (χ1) is 9.40. The average Bonchev–Trinajstić information content (AvgIpc) is 2.42. The molecule has 0 aliphatic rings. The molecular formula is C16H18N2O2. The molecule has 0 saturated heterocycles. The van der Waals surface area contributed by atoms with Crippen LogP contribution in [0, 0.1) is 20.8 Å². The Labute approximate surface area is 118 Å². The summed E-state index contributed by atoms with van der Waals surface area (Å²) in [7, 11) is 0. The van der Waals surface area contributed by atoms with Crippen molar-refractivity contribution < 1.29 is 9.90 Å². The molecule has 0 atom stereocenters. The van der Waals surface area contributed by atoms with Crippen LogP contribution in [0.2, 0.25) is 0 Å². The van der Waals surface area contributed by atoms with Gasteiger partial charge in [0.25, 0.3) is 5.91 Å². The van der Waals surface area contributed by atoms with E-state index in [1.165, 1.54) is 6.07 Å². The molecule has 104 valence electrons. The fourth-order valence-corrected chi connectivity index (χ4v) is 1.94. The van der Waals surface area contributed by atoms with E-state index in [0.717, 1.165) is 16.7 Å². The number of carbonyl (C=O) groups excluding carboxylic acids is 1. The molecule has 4 N–H and O–H groups in total. The summed E-state index contributed by atoms with van der Waals surface area (Å²) >= 11 is 0. The van der Waals surface area contributed by atoms with Crippen LogP contribution in [0.1, 0.15) is 27.0 Å². The third kappa shape index (κ3) is 2.59. The number of aromatic hydroxyl groups is 1. The summed E-state index contributed by atoms with van der Waals surface area (Å²) < 4.78 is 0. The molecule has 0 fully saturated rings. The van der Waals surface area contributed by atoms with E-state index in [0.29, 0.717) is 16.9 Å². The molecule has 0 unspecified atom stereocenters. The number of carbonyl (C=O) groups is 1. The first kappa shape index (κ1) is 13.9. The molecule has 0 aliphatic heterocycles. The Morgan fingerprint density at radius 1 is 1.10 bits per heavy atom. The van der Waals surface area contributed by atoms with Crippen LogP contribution < -0.4 is 11.1 Å². The average molecular weight is 270 g/mol. The van der Waals surface area contributed by atoms with Gasteiger partial charge in [-0.1, -0.05) is 12.1 Å². The lowest BCUT2D eigenvalue weighted by Gasteiger charge is -2.13. The second kappa shape index (κ2) is 5.25. The molecule has 0 heterocycles. The predicted octanol–water partition coefficient (Wildman–Crippen LogP) is 3.15. The van der Waals surface area contributed by atoms with Crippen LogP contribution in [0.15, 0.2) is 30.3 Å². The van der Waals surface area contributed by atoms with E-state index < -0.39 is 0 Å². The number of nitrogens with two attached hydrogens (primary N) is 1. The summed E-state index contributed by atoms with van der Waals surface area (Å²) in [5.41, 5.74) is 10.2. The highest BCUT2D eigenvalue weighted by Gasteiger charge is 2.12. The van der Waals surface area contributed by atoms with E-state index in [-0.39, 0.29) is 11.7 Å². The summed E-state index contributed by atoms with van der Waals surface area (Å²) in [6.07, 6.45) is 0. The van der Waals surface area contributed by atoms with Crippen molar-refractivity contribution in [2.45, 2.75) is 20.8 Å². The largest absolute Gasteiger partial charge is 0.508 e. The van der Waals surface area contributed by atoms with E-state index in [4.69, 9.17) is 5.73 Å². The highest BCUT2D eigenvalue weighted by atomic mass is 16.3. The van der Waals surface area contributed by atoms with E-state index >= 15 is 0 Å². The monoisotopic (exact) mass is 270 g/mol. The van der Waals surface area contributed by atoms with E-state index in [1.54, 1.807) is 25.1 Å². The van der Waals surface area contributed by atoms with Gasteiger partial charge in [0, 0.05) is 5.56 Å². The molecule has 0 radical (unpaired) electrons. The zero-order valence-corrected chi connectivity index (χ0v) is 11.8. The van der Waals surface area contributed by atoms with Gasteiger partial charge in [0.05, 0.1) is 11.4 Å². The van der Waals surface area contributed by atoms with Crippen LogP contribution in [0.4, 0.5) is 11.4 Å². The number of hydrogen-bond donors (Lipinski definition) is 3. The van der Waals surface area contributed by atoms with E-state index in [9.17, 15) is 9.90 Å². The number of benzene rings is 2. The van der Waals surface area contributed by atoms with Crippen molar-refractivity contribution in [1.82, 2.24) is 0 Å². The Balaban J connectivity index is 2.32. The SMILES string of the molecule is Cc1ccc(C(=O)Nc2c(N)ccc(C)c2C)cc1O. The maximum absolute atomic E-state index is 12.2. The number of nitrogens with one attached hydrogen (secondary N) is 1. The molecule has 2 aromatic carbocycles. The molecule has 0 bridgehead atoms. The Morgan fingerprint density at radius 2 is 1.75 bits per heavy atom. The lowest BCUT2D eigenvalue weighted by Crippen LogP contribution is -2.14. The highest BCUT2D eigenvalue weighted by Crippen LogP contribution is 2.27. The number of nitrogen functional groups attached to an aromatic ring is 1. The van der Waals surface area contributed by atoms with Crippen molar-refractivity contribution in [1.29, 1.82) is 0 Å². The zero-order valence-electron chi connectivity index (χ0n) is 11.8. The lowest BCUT2D eigenvalue weighted by molar-refractivity contribution is 0.102. The van der Waals surface area contributed by atoms with Gasteiger partial charge in [-0.15, -0.1) is 0 Å². The van der Waals surface area contributed by atoms with Crippen molar-refractivity contribution in [3.63, 3.8) is 0 Å². The van der Waals surface area contributed by atoms with Gasteiger partial charge in [0.1, 0.15) is 5.75 Å². The second-order valence-corrected chi connectivity index (χ2v) is 4.93. The molecule has 0 aromatic heterocycles. The minimum absolute atomic E-state index is 0.103. The number of hydrogen-bond acceptors (Lipinski definition) is 3. The molecule has 0 saturated carbocycles. The highest BCUT2D eigenvalue weighted by molar-refractivity contribution is 6.06. The smallest absolute Gasteiger partial charge is 0.255 e. The predicted molar refractivity (Wildman–Crippen MR) is 81.1 cm³/mol. The van der Waals surface area contributed by atoms with Crippen LogP contribution in [0.5, 0.6) is 5.75 Å². The molecule has 0 spiro atoms. The number of amides is 1. The van der Waals surface area contributed by atoms with Crippen LogP contribution in [-0.2, 0) is 0 Å². The van der Waals surface area contributed by atoms with E-state index in [2.05, 4.69) is 5.32 Å². The van der Waals surface area contributed by atoms with Crippen LogP contribution in [0.25, 0.3) is 0 Å². The first-order valence-electron chi connectivity index (χ1n) is 6.37. The number of rotatable bonds is 2. The fourth-order valence-electron chi connectivity index (χ4n) is 1.94. The second-order valence-electron chi connectivity index (χ2n) is 4.93. The summed E-state index contributed by atoms with van der Waals surface area (Å²) in [5, 5.41) is 12.5. The van der Waals surface area contributed by atoms with Gasteiger partial charge in [-0.05, 0) is 55.7 Å². The Kier molecular flexibility index (Phi) is 3.66. The van der Waals surface area contributed by atoms with Gasteiger partial charge < -0.3 is 16.2 Å². The van der Waals surface area contributed by atoms with Gasteiger partial charge in [0.2, 0.25) is 0 Å². The molecule has 1 amide bonds. The van der Waals surface area contributed by atoms with Crippen LogP contribution in [-0.4, -0.2) is 11.0 Å². The van der Waals surface area contributed by atoms with Crippen molar-refractivity contribution in [3.05, 3.63) is 52.6 Å². The molecule has 0 aliphatic carbocycles. The molecule has 2 aromatic rings. The molecular weight excluding hydrogens is 252 g/mol. The van der Waals surface area contributed by atoms with Gasteiger partial charge in [0.15, 0.2) is 0 Å². The topological polar surface area (TPSA) is 75.4 Å². The summed E-state index contributed by atoms with van der Waals surface area (Å²) in [4.78, 5) is 12.2. The number of anilines is 2. The first-order valence-corrected chi connectivity index (χ1v) is 6.37. The van der Waals surface area contributed by atoms with Gasteiger partial charge >= 0.3 is 0 Å². The van der Waals surface area contributed by atoms with Gasteiger partial charge in [-0.3, -0.25) is 4.79 Å². The Hall–Kier alpha value is -2.49. The summed E-state index contributed by atoms with van der Waals surface area (Å²) in [6, 6.07) is 8.51. The third-order valence-corrected chi connectivity index (χ3v) is 3.48. The third-order valence-electron chi connectivity index (χ3n) is 3.48. The normalized spacial score (nSPS) is 10.3. The minimum atomic E-state index is -0.291. The molecule has 20 heavy (non-hydrogen) atoms. The Bertz CT molecular complexity index is 678. The van der Waals surface area contributed by atoms with Crippen LogP contribution >= 0.6 is 0 Å². The lowest BCUT2D eigenvalue weighted by atomic mass is 10.1. The summed E-state index contributed by atoms with van der Waals surface area (Å²) in [6.45, 7) is 5.65. The quantitative estimate of drug-likeness (QED) is 0.734. The van der Waals surface area contributed by atoms with Crippen LogP contribution in [0.3, 0.4) is 0 Å². The van der Waals surface area contributed by atoms with Crippen molar-refractivity contribution >= 4 is 17.3 Å². The van der Waals surface area contributed by atoms with Crippen molar-refractivity contribution in [2.24, 2.45) is 0 Å². The number of phenolic OH excluding ortho intramolecular Hbond substituents is 1. The Morgan fingerprint density at radius 3 is 2.40 bits per heavy atom. The van der Waals surface area contributed by atoms with E-state index in [1.807, 2.05) is 19.9 Å². The van der Waals surface area contributed by atoms with Crippen molar-refractivity contribution in [3.8, 4) is 5.75 Å².